The van der Waals surface area contributed by atoms with Gasteiger partial charge >= 0.3 is 0 Å². The van der Waals surface area contributed by atoms with E-state index < -0.39 is 0 Å². The van der Waals surface area contributed by atoms with E-state index in [9.17, 15) is 4.79 Å². The molecule has 0 atom stereocenters. The zero-order valence-electron chi connectivity index (χ0n) is 9.35. The van der Waals surface area contributed by atoms with Crippen molar-refractivity contribution in [1.82, 2.24) is 4.90 Å². The van der Waals surface area contributed by atoms with Crippen LogP contribution in [0.25, 0.3) is 0 Å². The van der Waals surface area contributed by atoms with Crippen molar-refractivity contribution in [3.05, 3.63) is 23.8 Å². The number of ether oxygens (including phenoxy) is 1. The Bertz CT molecular complexity index is 451. The minimum Gasteiger partial charge on any atom is -0.496 e. The summed E-state index contributed by atoms with van der Waals surface area (Å²) in [6.07, 6.45) is 0. The molecule has 16 heavy (non-hydrogen) atoms. The number of isothiocyanates is 1. The van der Waals surface area contributed by atoms with Crippen LogP contribution in [0.1, 0.15) is 10.4 Å². The molecule has 0 aliphatic carbocycles. The zero-order valence-corrected chi connectivity index (χ0v) is 10.2. The molecule has 0 saturated heterocycles. The zero-order chi connectivity index (χ0) is 12.1. The Hall–Kier alpha value is -1.71. The maximum absolute atomic E-state index is 11.8. The molecule has 0 aromatic heterocycles. The van der Waals surface area contributed by atoms with Gasteiger partial charge in [0.2, 0.25) is 0 Å². The van der Waals surface area contributed by atoms with Crippen LogP contribution < -0.4 is 4.74 Å². The summed E-state index contributed by atoms with van der Waals surface area (Å²) < 4.78 is 5.11. The Morgan fingerprint density at radius 2 is 2.19 bits per heavy atom. The molecule has 0 aliphatic rings. The molecule has 0 radical (unpaired) electrons. The van der Waals surface area contributed by atoms with Crippen LogP contribution in [0.3, 0.4) is 0 Å². The molecule has 1 amide bonds. The summed E-state index contributed by atoms with van der Waals surface area (Å²) in [6, 6.07) is 5.02. The highest BCUT2D eigenvalue weighted by molar-refractivity contribution is 7.78. The maximum atomic E-state index is 11.8. The average Bonchev–Trinajstić information content (AvgIpc) is 2.28. The highest BCUT2D eigenvalue weighted by Gasteiger charge is 2.14. The molecule has 0 bridgehead atoms. The summed E-state index contributed by atoms with van der Waals surface area (Å²) in [5.74, 6) is 0.375. The quantitative estimate of drug-likeness (QED) is 0.596. The van der Waals surface area contributed by atoms with Crippen molar-refractivity contribution in [1.29, 1.82) is 0 Å². The number of aliphatic imine (C=N–C) groups is 1. The first kappa shape index (κ1) is 12.4. The molecule has 0 spiro atoms. The van der Waals surface area contributed by atoms with Gasteiger partial charge in [-0.2, -0.15) is 4.99 Å². The van der Waals surface area contributed by atoms with Gasteiger partial charge in [-0.25, -0.2) is 0 Å². The van der Waals surface area contributed by atoms with Crippen LogP contribution in [0.5, 0.6) is 5.75 Å². The SMILES string of the molecule is COc1ccc(N=C=S)cc1C(=O)N(C)C. The van der Waals surface area contributed by atoms with Crippen LogP contribution in [-0.2, 0) is 0 Å². The van der Waals surface area contributed by atoms with Gasteiger partial charge in [0, 0.05) is 14.1 Å². The largest absolute Gasteiger partial charge is 0.496 e. The van der Waals surface area contributed by atoms with Gasteiger partial charge in [-0.1, -0.05) is 0 Å². The van der Waals surface area contributed by atoms with E-state index in [-0.39, 0.29) is 5.91 Å². The third kappa shape index (κ3) is 2.66. The molecule has 4 nitrogen and oxygen atoms in total. The van der Waals surface area contributed by atoms with Gasteiger partial charge in [-0.15, -0.1) is 0 Å². The van der Waals surface area contributed by atoms with Gasteiger partial charge in [0.1, 0.15) is 5.75 Å². The van der Waals surface area contributed by atoms with Crippen LogP contribution in [0, 0.1) is 0 Å². The van der Waals surface area contributed by atoms with Gasteiger partial charge < -0.3 is 9.64 Å². The van der Waals surface area contributed by atoms with Crippen molar-refractivity contribution in [3.63, 3.8) is 0 Å². The Labute approximate surface area is 99.5 Å². The first-order chi connectivity index (χ1) is 7.60. The summed E-state index contributed by atoms with van der Waals surface area (Å²) in [6.45, 7) is 0. The molecule has 1 aromatic rings. The summed E-state index contributed by atoms with van der Waals surface area (Å²) in [7, 11) is 4.87. The summed E-state index contributed by atoms with van der Waals surface area (Å²) in [5.41, 5.74) is 1.04. The van der Waals surface area contributed by atoms with Gasteiger partial charge in [-0.3, -0.25) is 4.79 Å². The van der Waals surface area contributed by atoms with Crippen molar-refractivity contribution in [3.8, 4) is 5.75 Å². The molecule has 0 heterocycles. The van der Waals surface area contributed by atoms with Gasteiger partial charge in [0.15, 0.2) is 0 Å². The molecule has 0 fully saturated rings. The predicted molar refractivity (Wildman–Crippen MR) is 65.7 cm³/mol. The van der Waals surface area contributed by atoms with E-state index in [0.717, 1.165) is 0 Å². The summed E-state index contributed by atoms with van der Waals surface area (Å²) >= 11 is 4.51. The Morgan fingerprint density at radius 3 is 2.69 bits per heavy atom. The van der Waals surface area contributed by atoms with Crippen LogP contribution in [0.4, 0.5) is 5.69 Å². The van der Waals surface area contributed by atoms with Crippen molar-refractivity contribution >= 4 is 29.0 Å². The third-order valence-electron chi connectivity index (χ3n) is 1.99. The van der Waals surface area contributed by atoms with Crippen molar-refractivity contribution in [2.75, 3.05) is 21.2 Å². The number of carbonyl (C=O) groups is 1. The van der Waals surface area contributed by atoms with E-state index in [4.69, 9.17) is 4.74 Å². The van der Waals surface area contributed by atoms with Gasteiger partial charge in [0.05, 0.1) is 23.5 Å². The molecule has 0 saturated carbocycles. The number of benzene rings is 1. The Morgan fingerprint density at radius 1 is 1.50 bits per heavy atom. The van der Waals surface area contributed by atoms with Crippen LogP contribution in [0.15, 0.2) is 23.2 Å². The number of thiocarbonyl (C=S) groups is 1. The highest BCUT2D eigenvalue weighted by Crippen LogP contribution is 2.24. The maximum Gasteiger partial charge on any atom is 0.257 e. The van der Waals surface area contributed by atoms with E-state index in [1.807, 2.05) is 0 Å². The molecule has 0 unspecified atom stereocenters. The molecule has 5 heteroatoms. The monoisotopic (exact) mass is 236 g/mol. The highest BCUT2D eigenvalue weighted by atomic mass is 32.1. The second kappa shape index (κ2) is 5.39. The Balaban J connectivity index is 3.26. The lowest BCUT2D eigenvalue weighted by Gasteiger charge is -2.13. The van der Waals surface area contributed by atoms with Crippen molar-refractivity contribution < 1.29 is 9.53 Å². The first-order valence-corrected chi connectivity index (χ1v) is 4.98. The van der Waals surface area contributed by atoms with Crippen molar-refractivity contribution in [2.45, 2.75) is 0 Å². The number of carbonyl (C=O) groups excluding carboxylic acids is 1. The molecule has 1 rings (SSSR count). The van der Waals surface area contributed by atoms with E-state index in [2.05, 4.69) is 22.4 Å². The number of nitrogens with zero attached hydrogens (tertiary/aromatic N) is 2. The van der Waals surface area contributed by atoms with Crippen LogP contribution in [-0.4, -0.2) is 37.2 Å². The minimum absolute atomic E-state index is 0.140. The fraction of sp³-hybridized carbons (Fsp3) is 0.273. The second-order valence-corrected chi connectivity index (χ2v) is 3.47. The lowest BCUT2D eigenvalue weighted by atomic mass is 10.1. The molecule has 0 N–H and O–H groups in total. The van der Waals surface area contributed by atoms with E-state index >= 15 is 0 Å². The molecule has 84 valence electrons. The molecular formula is C11H12N2O2S. The van der Waals surface area contributed by atoms with Crippen LogP contribution in [0.2, 0.25) is 0 Å². The molecule has 1 aromatic carbocycles. The summed E-state index contributed by atoms with van der Waals surface area (Å²) in [5, 5.41) is 2.26. The lowest BCUT2D eigenvalue weighted by molar-refractivity contribution is 0.0824. The number of amides is 1. The summed E-state index contributed by atoms with van der Waals surface area (Å²) in [4.78, 5) is 17.1. The fourth-order valence-electron chi connectivity index (χ4n) is 1.23. The smallest absolute Gasteiger partial charge is 0.257 e. The van der Waals surface area contributed by atoms with Gasteiger partial charge in [-0.05, 0) is 30.4 Å². The van der Waals surface area contributed by atoms with E-state index in [1.54, 1.807) is 32.3 Å². The standard InChI is InChI=1S/C11H12N2O2S/c1-13(2)11(14)9-6-8(12-7-16)4-5-10(9)15-3/h4-6H,1-3H3. The topological polar surface area (TPSA) is 41.9 Å². The normalized spacial score (nSPS) is 9.19. The number of rotatable bonds is 3. The first-order valence-electron chi connectivity index (χ1n) is 4.57. The minimum atomic E-state index is -0.140. The number of methoxy groups -OCH3 is 1. The third-order valence-corrected chi connectivity index (χ3v) is 2.09. The van der Waals surface area contributed by atoms with Gasteiger partial charge in [0.25, 0.3) is 5.91 Å². The molecule has 0 aliphatic heterocycles. The second-order valence-electron chi connectivity index (χ2n) is 3.29. The molecular weight excluding hydrogens is 224 g/mol. The van der Waals surface area contributed by atoms with E-state index in [1.165, 1.54) is 12.0 Å². The Kier molecular flexibility index (Phi) is 4.17. The van der Waals surface area contributed by atoms with E-state index in [0.29, 0.717) is 17.0 Å². The lowest BCUT2D eigenvalue weighted by Crippen LogP contribution is -2.22. The average molecular weight is 236 g/mol. The van der Waals surface area contributed by atoms with Crippen LogP contribution >= 0.6 is 12.2 Å². The fourth-order valence-corrected chi connectivity index (χ4v) is 1.33. The predicted octanol–water partition coefficient (Wildman–Crippen LogP) is 2.13. The van der Waals surface area contributed by atoms with Crippen molar-refractivity contribution in [2.24, 2.45) is 4.99 Å². The number of hydrogen-bond acceptors (Lipinski definition) is 4. The number of hydrogen-bond donors (Lipinski definition) is 0.